The summed E-state index contributed by atoms with van der Waals surface area (Å²) in [4.78, 5) is 21.1. The van der Waals surface area contributed by atoms with Gasteiger partial charge in [0.05, 0.1) is 17.2 Å². The highest BCUT2D eigenvalue weighted by atomic mass is 35.5. The number of fused-ring (bicyclic) bond motifs is 3. The molecule has 1 amide bonds. The number of rotatable bonds is 8. The third-order valence-corrected chi connectivity index (χ3v) is 7.44. The molecule has 3 aliphatic rings. The van der Waals surface area contributed by atoms with Gasteiger partial charge in [0.2, 0.25) is 0 Å². The minimum Gasteiger partial charge on any atom is -0.489 e. The maximum Gasteiger partial charge on any atom is 0.274 e. The molecule has 37 heavy (non-hydrogen) atoms. The van der Waals surface area contributed by atoms with Crippen molar-refractivity contribution in [3.63, 3.8) is 0 Å². The molecule has 0 spiro atoms. The first kappa shape index (κ1) is 24.2. The summed E-state index contributed by atoms with van der Waals surface area (Å²) < 4.78 is 19.5. The largest absolute Gasteiger partial charge is 0.489 e. The highest BCUT2D eigenvalue weighted by Gasteiger charge is 2.32. The Kier molecular flexibility index (Phi) is 6.48. The van der Waals surface area contributed by atoms with E-state index in [0.29, 0.717) is 28.4 Å². The topological polar surface area (TPSA) is 83.4 Å². The van der Waals surface area contributed by atoms with E-state index in [2.05, 4.69) is 15.4 Å². The van der Waals surface area contributed by atoms with Crippen LogP contribution in [0.1, 0.15) is 42.1 Å². The molecule has 3 aromatic rings. The molecule has 2 atom stereocenters. The number of nitrogens with one attached hydrogen (secondary N) is 1. The Morgan fingerprint density at radius 1 is 1.22 bits per heavy atom. The average Bonchev–Trinajstić information content (AvgIpc) is 3.69. The van der Waals surface area contributed by atoms with Crippen molar-refractivity contribution in [1.29, 1.82) is 0 Å². The van der Waals surface area contributed by atoms with Crippen LogP contribution in [0.4, 0.5) is 4.39 Å². The molecule has 1 saturated carbocycles. The molecule has 6 rings (SSSR count). The summed E-state index contributed by atoms with van der Waals surface area (Å²) in [5.74, 6) is -0.182. The van der Waals surface area contributed by atoms with E-state index in [9.17, 15) is 14.3 Å². The number of halogens is 2. The second-order valence-corrected chi connectivity index (χ2v) is 10.3. The zero-order valence-electron chi connectivity index (χ0n) is 20.1. The summed E-state index contributed by atoms with van der Waals surface area (Å²) >= 11 is 6.44. The van der Waals surface area contributed by atoms with E-state index < -0.39 is 18.1 Å². The van der Waals surface area contributed by atoms with Gasteiger partial charge in [-0.2, -0.15) is 0 Å². The molecule has 7 nitrogen and oxygen atoms in total. The van der Waals surface area contributed by atoms with Gasteiger partial charge in [-0.05, 0) is 73.0 Å². The van der Waals surface area contributed by atoms with E-state index in [-0.39, 0.29) is 24.2 Å². The smallest absolute Gasteiger partial charge is 0.274 e. The Morgan fingerprint density at radius 3 is 2.78 bits per heavy atom. The molecule has 2 fully saturated rings. The fourth-order valence-electron chi connectivity index (χ4n) is 4.81. The first-order chi connectivity index (χ1) is 18.0. The van der Waals surface area contributed by atoms with Gasteiger partial charge in [-0.1, -0.05) is 41.0 Å². The van der Waals surface area contributed by atoms with Crippen LogP contribution < -0.4 is 10.1 Å². The predicted molar refractivity (Wildman–Crippen MR) is 138 cm³/mol. The van der Waals surface area contributed by atoms with Crippen LogP contribution in [0, 0.1) is 5.82 Å². The summed E-state index contributed by atoms with van der Waals surface area (Å²) in [6.45, 7) is 2.47. The van der Waals surface area contributed by atoms with Crippen molar-refractivity contribution in [2.45, 2.75) is 44.1 Å². The molecule has 1 saturated heterocycles. The van der Waals surface area contributed by atoms with Gasteiger partial charge in [0.25, 0.3) is 5.91 Å². The van der Waals surface area contributed by atoms with E-state index in [4.69, 9.17) is 21.2 Å². The van der Waals surface area contributed by atoms with Gasteiger partial charge < -0.3 is 24.9 Å². The molecule has 2 unspecified atom stereocenters. The second kappa shape index (κ2) is 9.93. The number of aliphatic hydroxyl groups excluding tert-OH is 1. The minimum atomic E-state index is -0.999. The van der Waals surface area contributed by atoms with Crippen LogP contribution in [-0.4, -0.2) is 53.4 Å². The van der Waals surface area contributed by atoms with Crippen molar-refractivity contribution in [2.75, 3.05) is 19.6 Å². The third kappa shape index (κ3) is 5.01. The van der Waals surface area contributed by atoms with Crippen LogP contribution in [0.25, 0.3) is 10.8 Å². The maximum atomic E-state index is 13.7. The number of nitrogens with zero attached hydrogens (tertiary/aromatic N) is 2. The molecule has 2 N–H and O–H groups in total. The van der Waals surface area contributed by atoms with Crippen LogP contribution in [0.2, 0.25) is 5.02 Å². The summed E-state index contributed by atoms with van der Waals surface area (Å²) in [5, 5.41) is 20.3. The maximum absolute atomic E-state index is 13.7. The zero-order chi connectivity index (χ0) is 25.5. The SMILES string of the molecule is O=C(NC(CN1CCC1)C(O)c1ccc(OC2CC2)c(Cl)c1)C1=NOCc2c1ccc1cc(F)ccc21. The van der Waals surface area contributed by atoms with Gasteiger partial charge in [-0.3, -0.25) is 4.79 Å². The molecule has 9 heteroatoms. The highest BCUT2D eigenvalue weighted by Crippen LogP contribution is 2.34. The van der Waals surface area contributed by atoms with E-state index >= 15 is 0 Å². The Bertz CT molecular complexity index is 1390. The number of hydrogen-bond acceptors (Lipinski definition) is 6. The van der Waals surface area contributed by atoms with Gasteiger partial charge in [-0.25, -0.2) is 4.39 Å². The molecule has 0 aromatic heterocycles. The number of carbonyl (C=O) groups excluding carboxylic acids is 1. The lowest BCUT2D eigenvalue weighted by atomic mass is 9.95. The van der Waals surface area contributed by atoms with E-state index in [1.165, 1.54) is 12.1 Å². The van der Waals surface area contributed by atoms with E-state index in [1.807, 2.05) is 0 Å². The zero-order valence-corrected chi connectivity index (χ0v) is 20.9. The Morgan fingerprint density at radius 2 is 2.05 bits per heavy atom. The molecule has 0 radical (unpaired) electrons. The van der Waals surface area contributed by atoms with Crippen LogP contribution >= 0.6 is 11.6 Å². The van der Waals surface area contributed by atoms with Crippen molar-refractivity contribution in [2.24, 2.45) is 5.16 Å². The number of hydrogen-bond donors (Lipinski definition) is 2. The molecule has 2 heterocycles. The molecule has 3 aromatic carbocycles. The Hall–Kier alpha value is -3.20. The van der Waals surface area contributed by atoms with Gasteiger partial charge in [0.1, 0.15) is 24.3 Å². The molecule has 0 bridgehead atoms. The number of amides is 1. The number of benzene rings is 3. The first-order valence-electron chi connectivity index (χ1n) is 12.5. The molecule has 192 valence electrons. The third-order valence-electron chi connectivity index (χ3n) is 7.14. The number of ether oxygens (including phenoxy) is 1. The van der Waals surface area contributed by atoms with Crippen molar-refractivity contribution < 1.29 is 23.9 Å². The number of oxime groups is 1. The normalized spacial score (nSPS) is 18.7. The molecular formula is C28H27ClFN3O4. The number of carbonyl (C=O) groups is 1. The lowest BCUT2D eigenvalue weighted by Gasteiger charge is -2.36. The van der Waals surface area contributed by atoms with Gasteiger partial charge in [-0.15, -0.1) is 0 Å². The minimum absolute atomic E-state index is 0.125. The standard InChI is InChI=1S/C28H27ClFN3O4/c29-23-13-17(3-9-25(23)37-19-5-6-19)27(34)24(14-33-10-1-11-33)31-28(35)26-21-7-2-16-12-18(30)4-8-20(16)22(21)15-36-32-26/h2-4,7-9,12-13,19,24,27,34H,1,5-6,10-11,14-15H2,(H,31,35). The average molecular weight is 524 g/mol. The van der Waals surface area contributed by atoms with Crippen molar-refractivity contribution in [1.82, 2.24) is 10.2 Å². The van der Waals surface area contributed by atoms with Crippen LogP contribution in [-0.2, 0) is 16.2 Å². The Labute approximate surface area is 218 Å². The van der Waals surface area contributed by atoms with Crippen LogP contribution in [0.5, 0.6) is 5.75 Å². The fourth-order valence-corrected chi connectivity index (χ4v) is 5.05. The fraction of sp³-hybridized carbons (Fsp3) is 0.357. The highest BCUT2D eigenvalue weighted by molar-refractivity contribution is 6.46. The van der Waals surface area contributed by atoms with E-state index in [0.717, 1.165) is 48.7 Å². The van der Waals surface area contributed by atoms with Gasteiger partial charge >= 0.3 is 0 Å². The monoisotopic (exact) mass is 523 g/mol. The van der Waals surface area contributed by atoms with Crippen molar-refractivity contribution >= 4 is 34.0 Å². The lowest BCUT2D eigenvalue weighted by Crippen LogP contribution is -2.52. The summed E-state index contributed by atoms with van der Waals surface area (Å²) in [5.41, 5.74) is 2.12. The summed E-state index contributed by atoms with van der Waals surface area (Å²) in [6, 6.07) is 12.7. The van der Waals surface area contributed by atoms with Gasteiger partial charge in [0.15, 0.2) is 5.71 Å². The number of aliphatic hydroxyl groups is 1. The first-order valence-corrected chi connectivity index (χ1v) is 12.9. The van der Waals surface area contributed by atoms with E-state index in [1.54, 1.807) is 36.4 Å². The van der Waals surface area contributed by atoms with Gasteiger partial charge in [0, 0.05) is 17.7 Å². The summed E-state index contributed by atoms with van der Waals surface area (Å²) in [6.07, 6.45) is 2.34. The van der Waals surface area contributed by atoms with Crippen molar-refractivity contribution in [3.05, 3.63) is 76.1 Å². The quantitative estimate of drug-likeness (QED) is 0.459. The molecular weight excluding hydrogens is 497 g/mol. The predicted octanol–water partition coefficient (Wildman–Crippen LogP) is 4.33. The molecule has 2 aliphatic heterocycles. The lowest BCUT2D eigenvalue weighted by molar-refractivity contribution is -0.116. The van der Waals surface area contributed by atoms with Crippen molar-refractivity contribution in [3.8, 4) is 5.75 Å². The number of likely N-dealkylation sites (tertiary alicyclic amines) is 1. The Balaban J connectivity index is 1.25. The summed E-state index contributed by atoms with van der Waals surface area (Å²) in [7, 11) is 0. The van der Waals surface area contributed by atoms with Crippen LogP contribution in [0.15, 0.2) is 53.7 Å². The molecule has 1 aliphatic carbocycles. The second-order valence-electron chi connectivity index (χ2n) is 9.86. The van der Waals surface area contributed by atoms with Crippen LogP contribution in [0.3, 0.4) is 0 Å².